The minimum Gasteiger partial charge on any atom is -0.492 e. The molecule has 3 nitrogen and oxygen atoms in total. The lowest BCUT2D eigenvalue weighted by Gasteiger charge is -2.04. The van der Waals surface area contributed by atoms with Crippen molar-refractivity contribution in [3.8, 4) is 5.75 Å². The third-order valence-electron chi connectivity index (χ3n) is 1.46. The minimum absolute atomic E-state index is 0.685. The summed E-state index contributed by atoms with van der Waals surface area (Å²) in [5.74, 6) is 0.838. The van der Waals surface area contributed by atoms with Crippen LogP contribution in [0, 0.1) is 0 Å². The van der Waals surface area contributed by atoms with Gasteiger partial charge in [0.2, 0.25) is 0 Å². The Labute approximate surface area is 72.8 Å². The lowest BCUT2D eigenvalue weighted by atomic mass is 10.3. The summed E-state index contributed by atoms with van der Waals surface area (Å²) >= 11 is 0. The van der Waals surface area contributed by atoms with Crippen LogP contribution in [0.25, 0.3) is 0 Å². The first-order valence-electron chi connectivity index (χ1n) is 4.08. The second kappa shape index (κ2) is 4.72. The predicted octanol–water partition coefficient (Wildman–Crippen LogP) is 1.20. The van der Waals surface area contributed by atoms with Gasteiger partial charge in [0.1, 0.15) is 5.75 Å². The third-order valence-corrected chi connectivity index (χ3v) is 1.46. The van der Waals surface area contributed by atoms with Crippen molar-refractivity contribution in [2.24, 2.45) is 0 Å². The Morgan fingerprint density at radius 3 is 3.00 bits per heavy atom. The monoisotopic (exact) mass is 166 g/mol. The van der Waals surface area contributed by atoms with E-state index < -0.39 is 0 Å². The van der Waals surface area contributed by atoms with Crippen molar-refractivity contribution >= 4 is 0 Å². The summed E-state index contributed by atoms with van der Waals surface area (Å²) in [6, 6.07) is 1.99. The van der Waals surface area contributed by atoms with Gasteiger partial charge in [-0.1, -0.05) is 0 Å². The van der Waals surface area contributed by atoms with Crippen molar-refractivity contribution in [2.45, 2.75) is 13.5 Å². The van der Waals surface area contributed by atoms with Crippen molar-refractivity contribution in [3.05, 3.63) is 24.0 Å². The molecule has 0 saturated carbocycles. The van der Waals surface area contributed by atoms with Gasteiger partial charge in [-0.25, -0.2) is 0 Å². The topological polar surface area (TPSA) is 34.1 Å². The number of hydrogen-bond acceptors (Lipinski definition) is 3. The zero-order chi connectivity index (χ0) is 8.81. The van der Waals surface area contributed by atoms with Crippen molar-refractivity contribution < 1.29 is 4.74 Å². The van der Waals surface area contributed by atoms with E-state index in [-0.39, 0.29) is 0 Å². The van der Waals surface area contributed by atoms with Crippen LogP contribution in [0.2, 0.25) is 0 Å². The van der Waals surface area contributed by atoms with Gasteiger partial charge in [-0.3, -0.25) is 4.98 Å². The van der Waals surface area contributed by atoms with E-state index in [1.165, 1.54) is 0 Å². The van der Waals surface area contributed by atoms with Crippen molar-refractivity contribution in [2.75, 3.05) is 13.7 Å². The third kappa shape index (κ3) is 2.51. The molecule has 0 aromatic carbocycles. The first-order valence-corrected chi connectivity index (χ1v) is 4.08. The average Bonchev–Trinajstić information content (AvgIpc) is 2.06. The molecule has 3 heteroatoms. The minimum atomic E-state index is 0.685. The number of ether oxygens (including phenoxy) is 1. The lowest BCUT2D eigenvalue weighted by molar-refractivity contribution is 0.338. The van der Waals surface area contributed by atoms with Gasteiger partial charge in [-0.2, -0.15) is 0 Å². The summed E-state index contributed by atoms with van der Waals surface area (Å²) in [6.07, 6.45) is 3.56. The molecular formula is C9H14N2O. The van der Waals surface area contributed by atoms with Gasteiger partial charge in [0.15, 0.2) is 0 Å². The summed E-state index contributed by atoms with van der Waals surface area (Å²) in [7, 11) is 1.91. The number of rotatable bonds is 4. The maximum atomic E-state index is 5.30. The highest BCUT2D eigenvalue weighted by Crippen LogP contribution is 2.10. The van der Waals surface area contributed by atoms with Crippen LogP contribution in [-0.4, -0.2) is 18.6 Å². The predicted molar refractivity (Wildman–Crippen MR) is 48.2 cm³/mol. The number of aromatic nitrogens is 1. The molecule has 0 bridgehead atoms. The molecule has 0 spiro atoms. The van der Waals surface area contributed by atoms with Crippen LogP contribution in [0.15, 0.2) is 18.5 Å². The van der Waals surface area contributed by atoms with E-state index in [0.29, 0.717) is 6.61 Å². The summed E-state index contributed by atoms with van der Waals surface area (Å²) in [4.78, 5) is 4.06. The summed E-state index contributed by atoms with van der Waals surface area (Å²) in [5.41, 5.74) is 1.14. The highest BCUT2D eigenvalue weighted by atomic mass is 16.5. The normalized spacial score (nSPS) is 9.83. The van der Waals surface area contributed by atoms with E-state index in [4.69, 9.17) is 4.74 Å². The lowest BCUT2D eigenvalue weighted by Crippen LogP contribution is -2.05. The standard InChI is InChI=1S/C9H14N2O/c1-3-12-9-4-8(5-10-2)6-11-7-9/h4,6-7,10H,3,5H2,1-2H3. The fraction of sp³-hybridized carbons (Fsp3) is 0.444. The molecule has 1 heterocycles. The summed E-state index contributed by atoms with van der Waals surface area (Å²) in [6.45, 7) is 3.48. The molecule has 0 aliphatic rings. The first kappa shape index (κ1) is 9.00. The van der Waals surface area contributed by atoms with Gasteiger partial charge in [0.25, 0.3) is 0 Å². The van der Waals surface area contributed by atoms with Gasteiger partial charge in [0.05, 0.1) is 12.8 Å². The van der Waals surface area contributed by atoms with Gasteiger partial charge >= 0.3 is 0 Å². The zero-order valence-electron chi connectivity index (χ0n) is 7.50. The largest absolute Gasteiger partial charge is 0.492 e. The molecule has 0 unspecified atom stereocenters. The van der Waals surface area contributed by atoms with Gasteiger partial charge in [0, 0.05) is 12.7 Å². The Morgan fingerprint density at radius 1 is 1.50 bits per heavy atom. The molecular weight excluding hydrogens is 152 g/mol. The Bertz CT molecular complexity index is 216. The van der Waals surface area contributed by atoms with E-state index in [1.54, 1.807) is 6.20 Å². The number of nitrogens with one attached hydrogen (secondary N) is 1. The molecule has 0 saturated heterocycles. The van der Waals surface area contributed by atoms with Crippen molar-refractivity contribution in [1.82, 2.24) is 10.3 Å². The highest BCUT2D eigenvalue weighted by molar-refractivity contribution is 5.23. The Hall–Kier alpha value is -1.09. The van der Waals surface area contributed by atoms with E-state index in [9.17, 15) is 0 Å². The number of hydrogen-bond donors (Lipinski definition) is 1. The Balaban J connectivity index is 2.67. The molecule has 0 atom stereocenters. The fourth-order valence-electron chi connectivity index (χ4n) is 1.01. The highest BCUT2D eigenvalue weighted by Gasteiger charge is 1.94. The number of pyridine rings is 1. The van der Waals surface area contributed by atoms with E-state index in [2.05, 4.69) is 10.3 Å². The maximum Gasteiger partial charge on any atom is 0.137 e. The van der Waals surface area contributed by atoms with Crippen LogP contribution >= 0.6 is 0 Å². The summed E-state index contributed by atoms with van der Waals surface area (Å²) in [5, 5.41) is 3.06. The van der Waals surface area contributed by atoms with Gasteiger partial charge < -0.3 is 10.1 Å². The molecule has 12 heavy (non-hydrogen) atoms. The van der Waals surface area contributed by atoms with Crippen molar-refractivity contribution in [3.63, 3.8) is 0 Å². The van der Waals surface area contributed by atoms with E-state index in [1.807, 2.05) is 26.2 Å². The Morgan fingerprint density at radius 2 is 2.33 bits per heavy atom. The molecule has 1 aromatic heterocycles. The fourth-order valence-corrected chi connectivity index (χ4v) is 1.01. The van der Waals surface area contributed by atoms with Crippen LogP contribution in [0.3, 0.4) is 0 Å². The zero-order valence-corrected chi connectivity index (χ0v) is 7.50. The molecule has 0 fully saturated rings. The van der Waals surface area contributed by atoms with E-state index >= 15 is 0 Å². The molecule has 1 rings (SSSR count). The second-order valence-corrected chi connectivity index (χ2v) is 2.49. The van der Waals surface area contributed by atoms with Crippen LogP contribution in [0.4, 0.5) is 0 Å². The van der Waals surface area contributed by atoms with Gasteiger partial charge in [-0.15, -0.1) is 0 Å². The molecule has 1 aromatic rings. The van der Waals surface area contributed by atoms with E-state index in [0.717, 1.165) is 17.9 Å². The van der Waals surface area contributed by atoms with Crippen LogP contribution in [0.5, 0.6) is 5.75 Å². The molecule has 0 radical (unpaired) electrons. The van der Waals surface area contributed by atoms with Crippen molar-refractivity contribution in [1.29, 1.82) is 0 Å². The molecule has 1 N–H and O–H groups in total. The first-order chi connectivity index (χ1) is 5.86. The smallest absolute Gasteiger partial charge is 0.137 e. The van der Waals surface area contributed by atoms with Crippen LogP contribution < -0.4 is 10.1 Å². The molecule has 66 valence electrons. The van der Waals surface area contributed by atoms with Crippen LogP contribution in [-0.2, 0) is 6.54 Å². The molecule has 0 amide bonds. The Kier molecular flexibility index (Phi) is 3.54. The van der Waals surface area contributed by atoms with Crippen LogP contribution in [0.1, 0.15) is 12.5 Å². The molecule has 0 aliphatic carbocycles. The average molecular weight is 166 g/mol. The molecule has 0 aliphatic heterocycles. The SMILES string of the molecule is CCOc1cncc(CNC)c1. The number of nitrogens with zero attached hydrogens (tertiary/aromatic N) is 1. The second-order valence-electron chi connectivity index (χ2n) is 2.49. The van der Waals surface area contributed by atoms with Gasteiger partial charge in [-0.05, 0) is 25.6 Å². The quantitative estimate of drug-likeness (QED) is 0.729. The summed E-state index contributed by atoms with van der Waals surface area (Å²) < 4.78 is 5.30. The maximum absolute atomic E-state index is 5.30.